The van der Waals surface area contributed by atoms with E-state index < -0.39 is 11.9 Å². The van der Waals surface area contributed by atoms with Crippen LogP contribution in [0.2, 0.25) is 0 Å². The zero-order valence-corrected chi connectivity index (χ0v) is 20.7. The van der Waals surface area contributed by atoms with Crippen LogP contribution < -0.4 is 15.4 Å². The lowest BCUT2D eigenvalue weighted by molar-refractivity contribution is -0.119. The molecule has 3 rings (SSSR count). The number of fused-ring (bicyclic) bond motifs is 1. The Labute approximate surface area is 204 Å². The maximum absolute atomic E-state index is 12.9. The number of aryl methyl sites for hydroxylation is 2. The second kappa shape index (κ2) is 12.2. The van der Waals surface area contributed by atoms with Gasteiger partial charge in [0.2, 0.25) is 5.91 Å². The van der Waals surface area contributed by atoms with Crippen LogP contribution in [0.15, 0.2) is 36.5 Å². The summed E-state index contributed by atoms with van der Waals surface area (Å²) in [5.41, 5.74) is 2.89. The van der Waals surface area contributed by atoms with Gasteiger partial charge in [-0.2, -0.15) is 0 Å². The summed E-state index contributed by atoms with van der Waals surface area (Å²) in [6.45, 7) is 2.77. The standard InChI is InChI=1S/C25H32N4O6/c1-16(14-32-2)27-18-12-20-22(28-21(30)15-33-3)23(25(31)35-5)29(24(20)26-13-18)11-10-17-6-8-19(34-4)9-7-17/h6-9,12-13,16,27H,10-11,14-15H2,1-5H3,(H,28,30)/t16-/m1/s1. The molecule has 1 aromatic carbocycles. The normalized spacial score (nSPS) is 11.8. The summed E-state index contributed by atoms with van der Waals surface area (Å²) in [4.78, 5) is 30.0. The van der Waals surface area contributed by atoms with Crippen molar-refractivity contribution in [3.63, 3.8) is 0 Å². The molecule has 0 spiro atoms. The Kier molecular flexibility index (Phi) is 9.04. The molecule has 0 aliphatic heterocycles. The van der Waals surface area contributed by atoms with E-state index in [1.165, 1.54) is 14.2 Å². The number of pyridine rings is 1. The van der Waals surface area contributed by atoms with E-state index in [1.54, 1.807) is 25.0 Å². The van der Waals surface area contributed by atoms with Crippen molar-refractivity contribution >= 4 is 34.3 Å². The first-order valence-corrected chi connectivity index (χ1v) is 11.2. The molecule has 0 radical (unpaired) electrons. The van der Waals surface area contributed by atoms with Gasteiger partial charge in [-0.1, -0.05) is 12.1 Å². The van der Waals surface area contributed by atoms with E-state index in [0.29, 0.717) is 36.3 Å². The Morgan fingerprint density at radius 2 is 1.83 bits per heavy atom. The summed E-state index contributed by atoms with van der Waals surface area (Å²) in [6.07, 6.45) is 2.32. The molecule has 0 unspecified atom stereocenters. The lowest BCUT2D eigenvalue weighted by Gasteiger charge is -2.14. The highest BCUT2D eigenvalue weighted by Gasteiger charge is 2.26. The van der Waals surface area contributed by atoms with Crippen molar-refractivity contribution in [2.45, 2.75) is 25.9 Å². The molecule has 2 N–H and O–H groups in total. The molecule has 2 aromatic heterocycles. The number of methoxy groups -OCH3 is 4. The zero-order valence-electron chi connectivity index (χ0n) is 20.7. The van der Waals surface area contributed by atoms with Crippen molar-refractivity contribution in [1.82, 2.24) is 9.55 Å². The number of nitrogens with zero attached hydrogens (tertiary/aromatic N) is 2. The Morgan fingerprint density at radius 1 is 1.09 bits per heavy atom. The largest absolute Gasteiger partial charge is 0.497 e. The number of hydrogen-bond donors (Lipinski definition) is 2. The maximum Gasteiger partial charge on any atom is 0.356 e. The van der Waals surface area contributed by atoms with Crippen LogP contribution in [-0.4, -0.2) is 69.1 Å². The third-order valence-electron chi connectivity index (χ3n) is 5.43. The number of nitrogens with one attached hydrogen (secondary N) is 2. The predicted molar refractivity (Wildman–Crippen MR) is 133 cm³/mol. The van der Waals surface area contributed by atoms with Crippen LogP contribution in [-0.2, 0) is 32.0 Å². The minimum Gasteiger partial charge on any atom is -0.497 e. The lowest BCUT2D eigenvalue weighted by atomic mass is 10.1. The van der Waals surface area contributed by atoms with Gasteiger partial charge in [-0.25, -0.2) is 9.78 Å². The van der Waals surface area contributed by atoms with Gasteiger partial charge in [0.05, 0.1) is 38.4 Å². The van der Waals surface area contributed by atoms with E-state index in [0.717, 1.165) is 17.0 Å². The average Bonchev–Trinajstić information content (AvgIpc) is 3.15. The van der Waals surface area contributed by atoms with Gasteiger partial charge in [0.15, 0.2) is 5.69 Å². The van der Waals surface area contributed by atoms with E-state index in [-0.39, 0.29) is 18.3 Å². The molecule has 1 atom stereocenters. The summed E-state index contributed by atoms with van der Waals surface area (Å²) in [5, 5.41) is 6.74. The number of benzene rings is 1. The van der Waals surface area contributed by atoms with E-state index in [9.17, 15) is 9.59 Å². The first kappa shape index (κ1) is 26.0. The van der Waals surface area contributed by atoms with Gasteiger partial charge in [-0.05, 0) is 37.1 Å². The Morgan fingerprint density at radius 3 is 2.46 bits per heavy atom. The molecule has 0 aliphatic rings. The number of hydrogen-bond acceptors (Lipinski definition) is 8. The number of aromatic nitrogens is 2. The van der Waals surface area contributed by atoms with Crippen molar-refractivity contribution in [1.29, 1.82) is 0 Å². The SMILES string of the molecule is COCC(=O)Nc1c(C(=O)OC)n(CCc2ccc(OC)cc2)c2ncc(N[C@H](C)COC)cc12. The van der Waals surface area contributed by atoms with Crippen LogP contribution in [0.5, 0.6) is 5.75 Å². The van der Waals surface area contributed by atoms with Crippen molar-refractivity contribution in [3.05, 3.63) is 47.8 Å². The van der Waals surface area contributed by atoms with Crippen molar-refractivity contribution in [2.24, 2.45) is 0 Å². The molecule has 0 bridgehead atoms. The van der Waals surface area contributed by atoms with Crippen LogP contribution in [0.1, 0.15) is 23.0 Å². The van der Waals surface area contributed by atoms with Crippen molar-refractivity contribution in [3.8, 4) is 5.75 Å². The van der Waals surface area contributed by atoms with Gasteiger partial charge in [0.25, 0.3) is 0 Å². The summed E-state index contributed by atoms with van der Waals surface area (Å²) < 4.78 is 22.2. The molecule has 0 aliphatic carbocycles. The second-order valence-corrected chi connectivity index (χ2v) is 8.04. The lowest BCUT2D eigenvalue weighted by Crippen LogP contribution is -2.21. The third-order valence-corrected chi connectivity index (χ3v) is 5.43. The Balaban J connectivity index is 2.07. The maximum atomic E-state index is 12.9. The molecule has 0 saturated carbocycles. The molecule has 0 saturated heterocycles. The predicted octanol–water partition coefficient (Wildman–Crippen LogP) is 3.11. The third kappa shape index (κ3) is 6.28. The molecule has 3 aromatic rings. The van der Waals surface area contributed by atoms with Crippen LogP contribution in [0.3, 0.4) is 0 Å². The number of carbonyl (C=O) groups is 2. The second-order valence-electron chi connectivity index (χ2n) is 8.04. The fraction of sp³-hybridized carbons (Fsp3) is 0.400. The highest BCUT2D eigenvalue weighted by atomic mass is 16.5. The Bertz CT molecular complexity index is 1160. The van der Waals surface area contributed by atoms with E-state index in [4.69, 9.17) is 18.9 Å². The van der Waals surface area contributed by atoms with Gasteiger partial charge in [0, 0.05) is 32.2 Å². The van der Waals surface area contributed by atoms with E-state index in [1.807, 2.05) is 37.3 Å². The smallest absolute Gasteiger partial charge is 0.356 e. The monoisotopic (exact) mass is 484 g/mol. The van der Waals surface area contributed by atoms with Crippen LogP contribution >= 0.6 is 0 Å². The summed E-state index contributed by atoms with van der Waals surface area (Å²) in [6, 6.07) is 9.60. The fourth-order valence-electron chi connectivity index (χ4n) is 3.87. The zero-order chi connectivity index (χ0) is 25.4. The number of esters is 1. The fourth-order valence-corrected chi connectivity index (χ4v) is 3.87. The highest BCUT2D eigenvalue weighted by molar-refractivity contribution is 6.11. The average molecular weight is 485 g/mol. The van der Waals surface area contributed by atoms with Crippen molar-refractivity contribution in [2.75, 3.05) is 52.3 Å². The van der Waals surface area contributed by atoms with Gasteiger partial charge < -0.3 is 34.1 Å². The summed E-state index contributed by atoms with van der Waals surface area (Å²) >= 11 is 0. The van der Waals surface area contributed by atoms with Crippen molar-refractivity contribution < 1.29 is 28.5 Å². The molecule has 0 fully saturated rings. The van der Waals surface area contributed by atoms with Crippen LogP contribution in [0, 0.1) is 0 Å². The van der Waals surface area contributed by atoms with Gasteiger partial charge in [-0.3, -0.25) is 4.79 Å². The minimum absolute atomic E-state index is 0.0306. The Hall–Kier alpha value is -3.63. The summed E-state index contributed by atoms with van der Waals surface area (Å²) in [7, 11) is 5.99. The van der Waals surface area contributed by atoms with Gasteiger partial charge in [0.1, 0.15) is 18.0 Å². The molecular formula is C25H32N4O6. The van der Waals surface area contributed by atoms with Crippen LogP contribution in [0.25, 0.3) is 11.0 Å². The number of amides is 1. The number of ether oxygens (including phenoxy) is 4. The van der Waals surface area contributed by atoms with Crippen LogP contribution in [0.4, 0.5) is 11.4 Å². The number of carbonyl (C=O) groups excluding carboxylic acids is 2. The summed E-state index contributed by atoms with van der Waals surface area (Å²) in [5.74, 6) is -0.200. The highest BCUT2D eigenvalue weighted by Crippen LogP contribution is 2.33. The topological polar surface area (TPSA) is 113 Å². The molecular weight excluding hydrogens is 452 g/mol. The molecule has 1 amide bonds. The first-order chi connectivity index (χ1) is 16.9. The van der Waals surface area contributed by atoms with Gasteiger partial charge >= 0.3 is 5.97 Å². The number of rotatable bonds is 12. The molecule has 10 heteroatoms. The molecule has 2 heterocycles. The number of anilines is 2. The van der Waals surface area contributed by atoms with Gasteiger partial charge in [-0.15, -0.1) is 0 Å². The molecule has 10 nitrogen and oxygen atoms in total. The first-order valence-electron chi connectivity index (χ1n) is 11.2. The van der Waals surface area contributed by atoms with E-state index in [2.05, 4.69) is 15.6 Å². The molecule has 188 valence electrons. The molecule has 35 heavy (non-hydrogen) atoms. The quantitative estimate of drug-likeness (QED) is 0.377. The van der Waals surface area contributed by atoms with E-state index >= 15 is 0 Å². The minimum atomic E-state index is -0.576.